The number of hydrogen-bond acceptors (Lipinski definition) is 0. The second kappa shape index (κ2) is 5.93. The summed E-state index contributed by atoms with van der Waals surface area (Å²) in [6.45, 7) is 0. The first-order chi connectivity index (χ1) is 8.54. The molecule has 0 aliphatic carbocycles. The van der Waals surface area contributed by atoms with Gasteiger partial charge in [0.2, 0.25) is 0 Å². The molecule has 94 valence electrons. The van der Waals surface area contributed by atoms with E-state index >= 15 is 0 Å². The van der Waals surface area contributed by atoms with Gasteiger partial charge < -0.3 is 0 Å². The Morgan fingerprint density at radius 3 is 2.22 bits per heavy atom. The predicted octanol–water partition coefficient (Wildman–Crippen LogP) is 5.41. The van der Waals surface area contributed by atoms with E-state index in [0.29, 0.717) is 10.9 Å². The van der Waals surface area contributed by atoms with Crippen LogP contribution in [0.3, 0.4) is 0 Å². The van der Waals surface area contributed by atoms with Crippen molar-refractivity contribution in [3.8, 4) is 0 Å². The zero-order valence-electron chi connectivity index (χ0n) is 9.34. The quantitative estimate of drug-likeness (QED) is 0.629. The summed E-state index contributed by atoms with van der Waals surface area (Å²) in [4.78, 5) is -0.00467. The molecule has 0 fully saturated rings. The minimum atomic E-state index is -0.275. The highest BCUT2D eigenvalue weighted by Gasteiger charge is 2.10. The third kappa shape index (κ3) is 3.62. The second-order valence-electron chi connectivity index (χ2n) is 4.00. The standard InChI is InChI=1S/C14H10Br2F2/c15-11-6-10(7-13(18)8-11)14(16)5-9-1-3-12(17)4-2-9/h1-4,6-8,14H,5H2. The van der Waals surface area contributed by atoms with E-state index in [-0.39, 0.29) is 16.5 Å². The van der Waals surface area contributed by atoms with Gasteiger partial charge in [0.25, 0.3) is 0 Å². The van der Waals surface area contributed by atoms with E-state index in [2.05, 4.69) is 31.9 Å². The lowest BCUT2D eigenvalue weighted by Gasteiger charge is -2.11. The SMILES string of the molecule is Fc1ccc(CC(Br)c2cc(F)cc(Br)c2)cc1. The molecule has 0 saturated carbocycles. The van der Waals surface area contributed by atoms with Crippen LogP contribution in [0.4, 0.5) is 8.78 Å². The predicted molar refractivity (Wildman–Crippen MR) is 75.9 cm³/mol. The van der Waals surface area contributed by atoms with Crippen molar-refractivity contribution in [2.75, 3.05) is 0 Å². The van der Waals surface area contributed by atoms with Crippen LogP contribution in [-0.2, 0) is 6.42 Å². The maximum absolute atomic E-state index is 13.3. The molecule has 0 N–H and O–H groups in total. The summed E-state index contributed by atoms with van der Waals surface area (Å²) < 4.78 is 26.8. The molecule has 2 aromatic carbocycles. The maximum atomic E-state index is 13.3. The molecule has 0 heterocycles. The van der Waals surface area contributed by atoms with E-state index in [0.717, 1.165) is 11.1 Å². The van der Waals surface area contributed by atoms with Crippen LogP contribution in [0.1, 0.15) is 16.0 Å². The molecule has 0 spiro atoms. The van der Waals surface area contributed by atoms with Crippen molar-refractivity contribution in [2.24, 2.45) is 0 Å². The van der Waals surface area contributed by atoms with Crippen molar-refractivity contribution in [2.45, 2.75) is 11.2 Å². The molecule has 0 aliphatic rings. The van der Waals surface area contributed by atoms with E-state index < -0.39 is 0 Å². The zero-order valence-corrected chi connectivity index (χ0v) is 12.5. The highest BCUT2D eigenvalue weighted by atomic mass is 79.9. The van der Waals surface area contributed by atoms with Crippen LogP contribution >= 0.6 is 31.9 Å². The van der Waals surface area contributed by atoms with Gasteiger partial charge in [0, 0.05) is 9.30 Å². The van der Waals surface area contributed by atoms with E-state index in [4.69, 9.17) is 0 Å². The van der Waals surface area contributed by atoms with Gasteiger partial charge in [-0.1, -0.05) is 44.0 Å². The fraction of sp³-hybridized carbons (Fsp3) is 0.143. The summed E-state index contributed by atoms with van der Waals surface area (Å²) in [5.74, 6) is -0.527. The zero-order chi connectivity index (χ0) is 13.1. The van der Waals surface area contributed by atoms with Crippen LogP contribution < -0.4 is 0 Å². The van der Waals surface area contributed by atoms with Gasteiger partial charge in [-0.05, 0) is 47.9 Å². The molecular formula is C14H10Br2F2. The third-order valence-corrected chi connectivity index (χ3v) is 3.88. The Hall–Kier alpha value is -0.740. The summed E-state index contributed by atoms with van der Waals surface area (Å²) in [6.07, 6.45) is 0.677. The van der Waals surface area contributed by atoms with Gasteiger partial charge in [-0.3, -0.25) is 0 Å². The van der Waals surface area contributed by atoms with Crippen molar-refractivity contribution in [3.63, 3.8) is 0 Å². The molecule has 0 nitrogen and oxygen atoms in total. The second-order valence-corrected chi connectivity index (χ2v) is 6.02. The van der Waals surface area contributed by atoms with Crippen molar-refractivity contribution >= 4 is 31.9 Å². The van der Waals surface area contributed by atoms with E-state index in [1.54, 1.807) is 12.1 Å². The first kappa shape index (κ1) is 13.7. The van der Waals surface area contributed by atoms with Crippen LogP contribution in [0.2, 0.25) is 0 Å². The molecule has 2 aromatic rings. The lowest BCUT2D eigenvalue weighted by Crippen LogP contribution is -1.96. The van der Waals surface area contributed by atoms with Crippen LogP contribution in [0.5, 0.6) is 0 Å². The van der Waals surface area contributed by atoms with E-state index in [9.17, 15) is 8.78 Å². The highest BCUT2D eigenvalue weighted by molar-refractivity contribution is 9.10. The lowest BCUT2D eigenvalue weighted by atomic mass is 10.0. The summed E-state index contributed by atoms with van der Waals surface area (Å²) in [7, 11) is 0. The normalized spacial score (nSPS) is 12.4. The molecule has 0 radical (unpaired) electrons. The van der Waals surface area contributed by atoms with Gasteiger partial charge >= 0.3 is 0 Å². The molecule has 0 amide bonds. The number of halogens is 4. The van der Waals surface area contributed by atoms with Gasteiger partial charge in [-0.25, -0.2) is 8.78 Å². The number of alkyl halides is 1. The molecule has 4 heteroatoms. The molecule has 0 aromatic heterocycles. The molecule has 1 unspecified atom stereocenters. The summed E-state index contributed by atoms with van der Waals surface area (Å²) >= 11 is 6.79. The Bertz CT molecular complexity index is 518. The summed E-state index contributed by atoms with van der Waals surface area (Å²) in [6, 6.07) is 11.1. The largest absolute Gasteiger partial charge is 0.207 e. The van der Waals surface area contributed by atoms with Crippen LogP contribution in [0.15, 0.2) is 46.9 Å². The first-order valence-corrected chi connectivity index (χ1v) is 7.10. The Balaban J connectivity index is 2.16. The van der Waals surface area contributed by atoms with Crippen molar-refractivity contribution < 1.29 is 8.78 Å². The Morgan fingerprint density at radius 2 is 1.61 bits per heavy atom. The lowest BCUT2D eigenvalue weighted by molar-refractivity contribution is 0.624. The van der Waals surface area contributed by atoms with E-state index in [1.807, 2.05) is 6.07 Å². The first-order valence-electron chi connectivity index (χ1n) is 5.39. The molecule has 2 rings (SSSR count). The van der Waals surface area contributed by atoms with E-state index in [1.165, 1.54) is 24.3 Å². The number of benzene rings is 2. The molecule has 18 heavy (non-hydrogen) atoms. The van der Waals surface area contributed by atoms with Gasteiger partial charge in [0.1, 0.15) is 11.6 Å². The highest BCUT2D eigenvalue weighted by Crippen LogP contribution is 2.29. The minimum absolute atomic E-state index is 0.00467. The minimum Gasteiger partial charge on any atom is -0.207 e. The van der Waals surface area contributed by atoms with Crippen LogP contribution in [0, 0.1) is 11.6 Å². The fourth-order valence-corrected chi connectivity index (χ4v) is 2.82. The van der Waals surface area contributed by atoms with Crippen LogP contribution in [-0.4, -0.2) is 0 Å². The number of rotatable bonds is 3. The monoisotopic (exact) mass is 374 g/mol. The van der Waals surface area contributed by atoms with Crippen LogP contribution in [0.25, 0.3) is 0 Å². The van der Waals surface area contributed by atoms with Gasteiger partial charge in [0.05, 0.1) is 0 Å². The molecular weight excluding hydrogens is 366 g/mol. The topological polar surface area (TPSA) is 0 Å². The molecule has 1 atom stereocenters. The van der Waals surface area contributed by atoms with Gasteiger partial charge in [-0.2, -0.15) is 0 Å². The third-order valence-electron chi connectivity index (χ3n) is 2.57. The Kier molecular flexibility index (Phi) is 4.51. The fourth-order valence-electron chi connectivity index (χ4n) is 1.70. The molecule has 0 bridgehead atoms. The van der Waals surface area contributed by atoms with Crippen molar-refractivity contribution in [1.29, 1.82) is 0 Å². The Morgan fingerprint density at radius 1 is 0.944 bits per heavy atom. The smallest absolute Gasteiger partial charge is 0.124 e. The summed E-state index contributed by atoms with van der Waals surface area (Å²) in [5, 5.41) is 0. The van der Waals surface area contributed by atoms with Crippen molar-refractivity contribution in [1.82, 2.24) is 0 Å². The Labute approximate surface area is 121 Å². The van der Waals surface area contributed by atoms with Gasteiger partial charge in [-0.15, -0.1) is 0 Å². The average Bonchev–Trinajstić information content (AvgIpc) is 2.31. The molecule has 0 aliphatic heterocycles. The molecule has 0 saturated heterocycles. The van der Waals surface area contributed by atoms with Crippen molar-refractivity contribution in [3.05, 3.63) is 69.7 Å². The average molecular weight is 376 g/mol. The maximum Gasteiger partial charge on any atom is 0.124 e. The summed E-state index contributed by atoms with van der Waals surface area (Å²) in [5.41, 5.74) is 1.85. The number of hydrogen-bond donors (Lipinski definition) is 0. The van der Waals surface area contributed by atoms with Gasteiger partial charge in [0.15, 0.2) is 0 Å².